The summed E-state index contributed by atoms with van der Waals surface area (Å²) in [4.78, 5) is 0. The first-order chi connectivity index (χ1) is 8.26. The summed E-state index contributed by atoms with van der Waals surface area (Å²) in [5.41, 5.74) is 0.709. The Morgan fingerprint density at radius 2 is 1.65 bits per heavy atom. The van der Waals surface area contributed by atoms with E-state index in [1.165, 1.54) is 0 Å². The molecule has 0 radical (unpaired) electrons. The van der Waals surface area contributed by atoms with Crippen LogP contribution in [0.15, 0.2) is 12.1 Å². The molecule has 0 aromatic heterocycles. The summed E-state index contributed by atoms with van der Waals surface area (Å²) < 4.78 is 15.7. The molecular formula is C13H15ClO3. The summed E-state index contributed by atoms with van der Waals surface area (Å²) >= 11 is 5.58. The zero-order valence-corrected chi connectivity index (χ0v) is 10.9. The molecule has 3 nitrogen and oxygen atoms in total. The molecule has 0 saturated heterocycles. The lowest BCUT2D eigenvalue weighted by molar-refractivity contribution is 0.374. The summed E-state index contributed by atoms with van der Waals surface area (Å²) in [7, 11) is 4.76. The second-order valence-corrected chi connectivity index (χ2v) is 3.53. The van der Waals surface area contributed by atoms with Gasteiger partial charge in [-0.15, -0.1) is 11.6 Å². The number of benzene rings is 1. The minimum absolute atomic E-state index is 0.508. The van der Waals surface area contributed by atoms with Gasteiger partial charge >= 0.3 is 0 Å². The van der Waals surface area contributed by atoms with Crippen molar-refractivity contribution in [2.45, 2.75) is 6.42 Å². The van der Waals surface area contributed by atoms with E-state index in [4.69, 9.17) is 25.8 Å². The molecule has 0 aliphatic carbocycles. The predicted molar refractivity (Wildman–Crippen MR) is 68.3 cm³/mol. The highest BCUT2D eigenvalue weighted by Crippen LogP contribution is 2.33. The van der Waals surface area contributed by atoms with E-state index in [0.717, 1.165) is 0 Å². The minimum Gasteiger partial charge on any atom is -0.496 e. The minimum atomic E-state index is 0.508. The van der Waals surface area contributed by atoms with E-state index in [2.05, 4.69) is 11.8 Å². The molecule has 0 aliphatic rings. The lowest BCUT2D eigenvalue weighted by Gasteiger charge is -2.11. The molecule has 92 valence electrons. The van der Waals surface area contributed by atoms with Gasteiger partial charge in [-0.25, -0.2) is 0 Å². The third kappa shape index (κ3) is 3.47. The Hall–Kier alpha value is -1.53. The van der Waals surface area contributed by atoms with Crippen LogP contribution in [0, 0.1) is 11.8 Å². The van der Waals surface area contributed by atoms with Gasteiger partial charge in [0.15, 0.2) is 0 Å². The smallest absolute Gasteiger partial charge is 0.141 e. The van der Waals surface area contributed by atoms with Crippen molar-refractivity contribution in [1.29, 1.82) is 0 Å². The molecule has 1 rings (SSSR count). The van der Waals surface area contributed by atoms with Crippen molar-refractivity contribution in [2.24, 2.45) is 0 Å². The Morgan fingerprint density at radius 1 is 1.06 bits per heavy atom. The van der Waals surface area contributed by atoms with Gasteiger partial charge in [-0.3, -0.25) is 0 Å². The fourth-order valence-corrected chi connectivity index (χ4v) is 1.42. The van der Waals surface area contributed by atoms with E-state index < -0.39 is 0 Å². The van der Waals surface area contributed by atoms with Crippen LogP contribution >= 0.6 is 11.6 Å². The highest BCUT2D eigenvalue weighted by Gasteiger charge is 2.10. The van der Waals surface area contributed by atoms with Crippen molar-refractivity contribution < 1.29 is 14.2 Å². The molecule has 4 heteroatoms. The molecule has 0 atom stereocenters. The molecular weight excluding hydrogens is 240 g/mol. The van der Waals surface area contributed by atoms with Crippen molar-refractivity contribution in [3.63, 3.8) is 0 Å². The van der Waals surface area contributed by atoms with Crippen molar-refractivity contribution in [2.75, 3.05) is 27.2 Å². The number of methoxy groups -OCH3 is 3. The summed E-state index contributed by atoms with van der Waals surface area (Å²) in [6.07, 6.45) is 0.625. The Kier molecular flexibility index (Phi) is 5.51. The van der Waals surface area contributed by atoms with Crippen LogP contribution in [-0.2, 0) is 0 Å². The number of hydrogen-bond acceptors (Lipinski definition) is 3. The Morgan fingerprint density at radius 3 is 2.06 bits per heavy atom. The summed E-state index contributed by atoms with van der Waals surface area (Å²) in [6, 6.07) is 3.54. The summed E-state index contributed by atoms with van der Waals surface area (Å²) in [5, 5.41) is 0. The second kappa shape index (κ2) is 6.93. The van der Waals surface area contributed by atoms with Gasteiger partial charge in [0.25, 0.3) is 0 Å². The van der Waals surface area contributed by atoms with E-state index in [1.54, 1.807) is 33.5 Å². The Labute approximate surface area is 107 Å². The van der Waals surface area contributed by atoms with Crippen molar-refractivity contribution in [3.8, 4) is 29.1 Å². The second-order valence-electron chi connectivity index (χ2n) is 3.15. The average Bonchev–Trinajstić information content (AvgIpc) is 2.38. The number of halogens is 1. The first-order valence-electron chi connectivity index (χ1n) is 5.11. The SMILES string of the molecule is COc1cc(OC)c(C#CCCCl)c(OC)c1. The zero-order chi connectivity index (χ0) is 12.7. The van der Waals surface area contributed by atoms with Gasteiger partial charge in [0.05, 0.1) is 21.3 Å². The normalized spacial score (nSPS) is 9.18. The van der Waals surface area contributed by atoms with E-state index in [-0.39, 0.29) is 0 Å². The topological polar surface area (TPSA) is 27.7 Å². The highest BCUT2D eigenvalue weighted by atomic mass is 35.5. The first kappa shape index (κ1) is 13.5. The maximum Gasteiger partial charge on any atom is 0.141 e. The molecule has 0 saturated carbocycles. The molecule has 1 aromatic rings. The van der Waals surface area contributed by atoms with Gasteiger partial charge in [-0.2, -0.15) is 0 Å². The van der Waals surface area contributed by atoms with Crippen LogP contribution in [-0.4, -0.2) is 27.2 Å². The third-order valence-corrected chi connectivity index (χ3v) is 2.34. The van der Waals surface area contributed by atoms with Crippen molar-refractivity contribution in [3.05, 3.63) is 17.7 Å². The number of ether oxygens (including phenoxy) is 3. The Bertz CT molecular complexity index is 407. The summed E-state index contributed by atoms with van der Waals surface area (Å²) in [5.74, 6) is 8.38. The predicted octanol–water partition coefficient (Wildman–Crippen LogP) is 2.69. The number of alkyl halides is 1. The molecule has 0 heterocycles. The van der Waals surface area contributed by atoms with Crippen LogP contribution in [0.2, 0.25) is 0 Å². The molecule has 0 N–H and O–H groups in total. The van der Waals surface area contributed by atoms with E-state index in [9.17, 15) is 0 Å². The average molecular weight is 255 g/mol. The molecule has 17 heavy (non-hydrogen) atoms. The quantitative estimate of drug-likeness (QED) is 0.611. The van der Waals surface area contributed by atoms with Crippen molar-refractivity contribution in [1.82, 2.24) is 0 Å². The maximum atomic E-state index is 5.58. The van der Waals surface area contributed by atoms with Gasteiger partial charge in [0.2, 0.25) is 0 Å². The van der Waals surface area contributed by atoms with Crippen LogP contribution in [0.25, 0.3) is 0 Å². The molecule has 0 aliphatic heterocycles. The molecule has 0 amide bonds. The maximum absolute atomic E-state index is 5.58. The first-order valence-corrected chi connectivity index (χ1v) is 5.65. The van der Waals surface area contributed by atoms with Gasteiger partial charge < -0.3 is 14.2 Å². The van der Waals surface area contributed by atoms with E-state index in [0.29, 0.717) is 35.1 Å². The van der Waals surface area contributed by atoms with Gasteiger partial charge in [-0.05, 0) is 0 Å². The van der Waals surface area contributed by atoms with Crippen LogP contribution < -0.4 is 14.2 Å². The fraction of sp³-hybridized carbons (Fsp3) is 0.385. The molecule has 0 fully saturated rings. The monoisotopic (exact) mass is 254 g/mol. The lowest BCUT2D eigenvalue weighted by Crippen LogP contribution is -1.95. The van der Waals surface area contributed by atoms with Crippen molar-refractivity contribution >= 4 is 11.6 Å². The standard InChI is InChI=1S/C13H15ClO3/c1-15-10-8-12(16-2)11(6-4-5-7-14)13(9-10)17-3/h8-9H,5,7H2,1-3H3. The number of hydrogen-bond donors (Lipinski definition) is 0. The van der Waals surface area contributed by atoms with E-state index in [1.807, 2.05) is 0 Å². The highest BCUT2D eigenvalue weighted by molar-refractivity contribution is 6.18. The zero-order valence-electron chi connectivity index (χ0n) is 10.2. The molecule has 0 unspecified atom stereocenters. The molecule has 1 aromatic carbocycles. The van der Waals surface area contributed by atoms with Gasteiger partial charge in [0, 0.05) is 24.4 Å². The Balaban J connectivity index is 3.21. The summed E-state index contributed by atoms with van der Waals surface area (Å²) in [6.45, 7) is 0. The van der Waals surface area contributed by atoms with Crippen LogP contribution in [0.4, 0.5) is 0 Å². The van der Waals surface area contributed by atoms with Crippen LogP contribution in [0.3, 0.4) is 0 Å². The molecule has 0 spiro atoms. The van der Waals surface area contributed by atoms with Crippen LogP contribution in [0.1, 0.15) is 12.0 Å². The third-order valence-electron chi connectivity index (χ3n) is 2.15. The van der Waals surface area contributed by atoms with E-state index >= 15 is 0 Å². The fourth-order valence-electron chi connectivity index (χ4n) is 1.33. The van der Waals surface area contributed by atoms with Gasteiger partial charge in [0.1, 0.15) is 22.8 Å². The molecule has 0 bridgehead atoms. The largest absolute Gasteiger partial charge is 0.496 e. The van der Waals surface area contributed by atoms with Gasteiger partial charge in [-0.1, -0.05) is 11.8 Å². The lowest BCUT2D eigenvalue weighted by atomic mass is 10.1. The van der Waals surface area contributed by atoms with Crippen LogP contribution in [0.5, 0.6) is 17.2 Å². The number of rotatable bonds is 4.